The van der Waals surface area contributed by atoms with E-state index in [1.807, 2.05) is 49.4 Å². The van der Waals surface area contributed by atoms with Crippen molar-refractivity contribution in [3.8, 4) is 11.1 Å². The first kappa shape index (κ1) is 19.6. The highest BCUT2D eigenvalue weighted by Crippen LogP contribution is 2.44. The van der Waals surface area contributed by atoms with E-state index in [1.165, 1.54) is 0 Å². The molecule has 1 atom stereocenters. The van der Waals surface area contributed by atoms with Gasteiger partial charge in [-0.1, -0.05) is 54.6 Å². The van der Waals surface area contributed by atoms with Crippen molar-refractivity contribution in [3.05, 3.63) is 89.2 Å². The number of nitrogens with one attached hydrogen (secondary N) is 1. The molecule has 4 rings (SSSR count). The summed E-state index contributed by atoms with van der Waals surface area (Å²) in [7, 11) is 0. The number of fused-ring (bicyclic) bond motifs is 3. The summed E-state index contributed by atoms with van der Waals surface area (Å²) in [6, 6.07) is 19.0. The van der Waals surface area contributed by atoms with E-state index in [9.17, 15) is 14.7 Å². The van der Waals surface area contributed by atoms with Crippen molar-refractivity contribution in [1.29, 1.82) is 0 Å². The largest absolute Gasteiger partial charge is 0.481 e. The molecule has 3 aromatic rings. The summed E-state index contributed by atoms with van der Waals surface area (Å²) < 4.78 is 5.53. The van der Waals surface area contributed by atoms with Gasteiger partial charge in [0.05, 0.1) is 18.2 Å². The Morgan fingerprint density at radius 2 is 1.67 bits per heavy atom. The molecule has 0 unspecified atom stereocenters. The van der Waals surface area contributed by atoms with Gasteiger partial charge in [0.2, 0.25) is 0 Å². The van der Waals surface area contributed by atoms with E-state index in [4.69, 9.17) is 4.74 Å². The number of carboxylic acids is 1. The molecule has 0 radical (unpaired) electrons. The van der Waals surface area contributed by atoms with E-state index >= 15 is 0 Å². The number of pyridine rings is 1. The van der Waals surface area contributed by atoms with E-state index in [0.717, 1.165) is 27.8 Å². The number of carbonyl (C=O) groups is 2. The Morgan fingerprint density at radius 1 is 1.03 bits per heavy atom. The smallest absolute Gasteiger partial charge is 0.407 e. The maximum absolute atomic E-state index is 12.5. The van der Waals surface area contributed by atoms with Crippen LogP contribution in [-0.4, -0.2) is 28.8 Å². The van der Waals surface area contributed by atoms with Crippen LogP contribution in [0.4, 0.5) is 4.79 Å². The molecule has 0 spiro atoms. The summed E-state index contributed by atoms with van der Waals surface area (Å²) in [5, 5.41) is 11.9. The van der Waals surface area contributed by atoms with Crippen LogP contribution < -0.4 is 5.32 Å². The van der Waals surface area contributed by atoms with Gasteiger partial charge in [0, 0.05) is 12.1 Å². The highest BCUT2D eigenvalue weighted by molar-refractivity contribution is 5.79. The van der Waals surface area contributed by atoms with Gasteiger partial charge in [0.25, 0.3) is 0 Å². The van der Waals surface area contributed by atoms with Gasteiger partial charge in [-0.3, -0.25) is 9.78 Å². The first-order valence-electron chi connectivity index (χ1n) is 9.79. The molecular weight excluding hydrogens is 380 g/mol. The number of carbonyl (C=O) groups excluding carboxylic acids is 1. The monoisotopic (exact) mass is 402 g/mol. The van der Waals surface area contributed by atoms with Crippen LogP contribution in [0, 0.1) is 6.92 Å². The first-order chi connectivity index (χ1) is 14.5. The van der Waals surface area contributed by atoms with Crippen LogP contribution in [0.2, 0.25) is 0 Å². The highest BCUT2D eigenvalue weighted by Gasteiger charge is 2.29. The number of nitrogens with zero attached hydrogens (tertiary/aromatic N) is 1. The zero-order chi connectivity index (χ0) is 21.1. The van der Waals surface area contributed by atoms with Crippen molar-refractivity contribution in [1.82, 2.24) is 10.3 Å². The van der Waals surface area contributed by atoms with Crippen LogP contribution in [0.25, 0.3) is 11.1 Å². The fourth-order valence-corrected chi connectivity index (χ4v) is 3.87. The average Bonchev–Trinajstić information content (AvgIpc) is 3.06. The van der Waals surface area contributed by atoms with Crippen LogP contribution in [-0.2, 0) is 9.53 Å². The standard InChI is InChI=1S/C24H22N2O4/c1-15-10-11-21(25-13-15)22(12-23(27)28)26-24(29)30-14-20-18-8-4-2-6-16(18)17-7-3-5-9-19(17)20/h2-11,13,20,22H,12,14H2,1H3,(H,26,29)(H,27,28)/t22-/m1/s1. The van der Waals surface area contributed by atoms with Crippen molar-refractivity contribution < 1.29 is 19.4 Å². The minimum absolute atomic E-state index is 0.0569. The van der Waals surface area contributed by atoms with Crippen molar-refractivity contribution >= 4 is 12.1 Å². The Balaban J connectivity index is 1.47. The normalized spacial score (nSPS) is 13.2. The molecule has 152 valence electrons. The SMILES string of the molecule is Cc1ccc([C@@H](CC(=O)O)NC(=O)OCC2c3ccccc3-c3ccccc32)nc1. The molecule has 6 heteroatoms. The lowest BCUT2D eigenvalue weighted by Gasteiger charge is -2.18. The van der Waals surface area contributed by atoms with Gasteiger partial charge in [-0.25, -0.2) is 4.79 Å². The summed E-state index contributed by atoms with van der Waals surface area (Å²) in [6.45, 7) is 2.06. The van der Waals surface area contributed by atoms with E-state index in [-0.39, 0.29) is 18.9 Å². The Morgan fingerprint density at radius 3 is 2.23 bits per heavy atom. The molecule has 0 saturated carbocycles. The van der Waals surface area contributed by atoms with Crippen molar-refractivity contribution in [3.63, 3.8) is 0 Å². The number of hydrogen-bond donors (Lipinski definition) is 2. The van der Waals surface area contributed by atoms with Gasteiger partial charge < -0.3 is 15.2 Å². The molecule has 2 N–H and O–H groups in total. The molecular formula is C24H22N2O4. The van der Waals surface area contributed by atoms with Crippen LogP contribution in [0.5, 0.6) is 0 Å². The minimum Gasteiger partial charge on any atom is -0.481 e. The fourth-order valence-electron chi connectivity index (χ4n) is 3.87. The number of benzene rings is 2. The number of aliphatic carboxylic acids is 1. The second kappa shape index (κ2) is 8.37. The predicted molar refractivity (Wildman–Crippen MR) is 112 cm³/mol. The number of ether oxygens (including phenoxy) is 1. The van der Waals surface area contributed by atoms with Gasteiger partial charge >= 0.3 is 12.1 Å². The number of aromatic nitrogens is 1. The molecule has 1 aliphatic carbocycles. The van der Waals surface area contributed by atoms with E-state index in [1.54, 1.807) is 12.3 Å². The average molecular weight is 402 g/mol. The molecule has 1 aromatic heterocycles. The first-order valence-corrected chi connectivity index (χ1v) is 9.79. The lowest BCUT2D eigenvalue weighted by molar-refractivity contribution is -0.137. The minimum atomic E-state index is -1.03. The molecule has 0 fully saturated rings. The molecule has 1 heterocycles. The van der Waals surface area contributed by atoms with Crippen LogP contribution in [0.3, 0.4) is 0 Å². The zero-order valence-corrected chi connectivity index (χ0v) is 16.5. The summed E-state index contributed by atoms with van der Waals surface area (Å²) in [6.07, 6.45) is 0.703. The Kier molecular flexibility index (Phi) is 5.48. The third-order valence-corrected chi connectivity index (χ3v) is 5.31. The number of amides is 1. The van der Waals surface area contributed by atoms with Gasteiger partial charge in [-0.15, -0.1) is 0 Å². The lowest BCUT2D eigenvalue weighted by atomic mass is 9.98. The number of carboxylic acid groups (broad SMARTS) is 1. The predicted octanol–water partition coefficient (Wildman–Crippen LogP) is 4.44. The fraction of sp³-hybridized carbons (Fsp3) is 0.208. The molecule has 0 bridgehead atoms. The number of hydrogen-bond acceptors (Lipinski definition) is 4. The summed E-state index contributed by atoms with van der Waals surface area (Å²) >= 11 is 0. The van der Waals surface area contributed by atoms with Gasteiger partial charge in [-0.05, 0) is 40.8 Å². The van der Waals surface area contributed by atoms with Crippen LogP contribution in [0.15, 0.2) is 66.9 Å². The zero-order valence-electron chi connectivity index (χ0n) is 16.5. The van der Waals surface area contributed by atoms with E-state index in [2.05, 4.69) is 22.4 Å². The van der Waals surface area contributed by atoms with Crippen LogP contribution >= 0.6 is 0 Å². The van der Waals surface area contributed by atoms with Crippen molar-refractivity contribution in [2.45, 2.75) is 25.3 Å². The third-order valence-electron chi connectivity index (χ3n) is 5.31. The summed E-state index contributed by atoms with van der Waals surface area (Å²) in [5.41, 5.74) is 5.97. The highest BCUT2D eigenvalue weighted by atomic mass is 16.5. The molecule has 0 aliphatic heterocycles. The molecule has 2 aromatic carbocycles. The maximum Gasteiger partial charge on any atom is 0.407 e. The Hall–Kier alpha value is -3.67. The van der Waals surface area contributed by atoms with Crippen molar-refractivity contribution in [2.75, 3.05) is 6.61 Å². The topological polar surface area (TPSA) is 88.5 Å². The second-order valence-corrected chi connectivity index (χ2v) is 7.38. The van der Waals surface area contributed by atoms with E-state index in [0.29, 0.717) is 5.69 Å². The number of rotatable bonds is 6. The van der Waals surface area contributed by atoms with Crippen LogP contribution in [0.1, 0.15) is 40.8 Å². The lowest BCUT2D eigenvalue weighted by Crippen LogP contribution is -2.32. The molecule has 1 amide bonds. The number of alkyl carbamates (subject to hydrolysis) is 1. The Labute approximate surface area is 174 Å². The molecule has 1 aliphatic rings. The second-order valence-electron chi connectivity index (χ2n) is 7.38. The molecule has 30 heavy (non-hydrogen) atoms. The van der Waals surface area contributed by atoms with Crippen molar-refractivity contribution in [2.24, 2.45) is 0 Å². The quantitative estimate of drug-likeness (QED) is 0.636. The summed E-state index contributed by atoms with van der Waals surface area (Å²) in [5.74, 6) is -1.08. The molecule has 0 saturated heterocycles. The maximum atomic E-state index is 12.5. The summed E-state index contributed by atoms with van der Waals surface area (Å²) in [4.78, 5) is 28.0. The Bertz CT molecular complexity index is 1030. The van der Waals surface area contributed by atoms with Gasteiger partial charge in [-0.2, -0.15) is 0 Å². The van der Waals surface area contributed by atoms with Gasteiger partial charge in [0.1, 0.15) is 6.61 Å². The molecule has 6 nitrogen and oxygen atoms in total. The third kappa shape index (κ3) is 4.03. The number of aryl methyl sites for hydroxylation is 1. The van der Waals surface area contributed by atoms with Gasteiger partial charge in [0.15, 0.2) is 0 Å². The van der Waals surface area contributed by atoms with E-state index < -0.39 is 18.1 Å².